The van der Waals surface area contributed by atoms with Gasteiger partial charge in [-0.05, 0) is 13.3 Å². The normalized spacial score (nSPS) is 17.6. The minimum absolute atomic E-state index is 0.0702. The Kier molecular flexibility index (Phi) is 4.98. The molecule has 8 heteroatoms. The predicted molar refractivity (Wildman–Crippen MR) is 91.6 cm³/mol. The van der Waals surface area contributed by atoms with E-state index in [0.717, 1.165) is 11.5 Å². The fraction of sp³-hybridized carbons (Fsp3) is 0.529. The summed E-state index contributed by atoms with van der Waals surface area (Å²) in [6.45, 7) is 5.13. The van der Waals surface area contributed by atoms with Crippen LogP contribution in [0.1, 0.15) is 40.5 Å². The summed E-state index contributed by atoms with van der Waals surface area (Å²) in [4.78, 5) is 25.5. The number of morpholine rings is 1. The first-order valence-electron chi connectivity index (χ1n) is 8.37. The number of carbonyl (C=O) groups excluding carboxylic acids is 1. The van der Waals surface area contributed by atoms with Crippen molar-refractivity contribution in [3.8, 4) is 0 Å². The highest BCUT2D eigenvalue weighted by atomic mass is 16.5. The molecule has 0 radical (unpaired) electrons. The highest BCUT2D eigenvalue weighted by Crippen LogP contribution is 2.28. The predicted octanol–water partition coefficient (Wildman–Crippen LogP) is 1.62. The quantitative estimate of drug-likeness (QED) is 0.832. The third-order valence-corrected chi connectivity index (χ3v) is 4.27. The molecule has 0 aromatic carbocycles. The molecule has 1 aliphatic heterocycles. The summed E-state index contributed by atoms with van der Waals surface area (Å²) >= 11 is 0. The molecule has 0 unspecified atom stereocenters. The number of rotatable bonds is 4. The molecule has 0 saturated carbocycles. The van der Waals surface area contributed by atoms with E-state index in [-0.39, 0.29) is 12.0 Å². The number of amides is 1. The Balaban J connectivity index is 1.84. The fourth-order valence-electron chi connectivity index (χ4n) is 3.00. The molecular formula is C17H23N5O3. The van der Waals surface area contributed by atoms with Crippen molar-refractivity contribution in [1.29, 1.82) is 0 Å². The van der Waals surface area contributed by atoms with Gasteiger partial charge in [0.1, 0.15) is 23.1 Å². The lowest BCUT2D eigenvalue weighted by Crippen LogP contribution is -2.43. The first kappa shape index (κ1) is 17.3. The summed E-state index contributed by atoms with van der Waals surface area (Å²) in [5.74, 6) is 1.23. The van der Waals surface area contributed by atoms with Crippen molar-refractivity contribution in [3.63, 3.8) is 0 Å². The van der Waals surface area contributed by atoms with Gasteiger partial charge in [0, 0.05) is 33.0 Å². The molecule has 25 heavy (non-hydrogen) atoms. The van der Waals surface area contributed by atoms with Gasteiger partial charge >= 0.3 is 0 Å². The van der Waals surface area contributed by atoms with Crippen LogP contribution in [0.5, 0.6) is 0 Å². The van der Waals surface area contributed by atoms with Crippen LogP contribution in [0.3, 0.4) is 0 Å². The molecule has 2 aromatic heterocycles. The van der Waals surface area contributed by atoms with Crippen LogP contribution < -0.4 is 4.90 Å². The number of anilines is 1. The van der Waals surface area contributed by atoms with E-state index in [9.17, 15) is 4.79 Å². The second-order valence-corrected chi connectivity index (χ2v) is 6.18. The van der Waals surface area contributed by atoms with Gasteiger partial charge in [0.05, 0.1) is 18.8 Å². The van der Waals surface area contributed by atoms with Crippen LogP contribution in [0, 0.1) is 6.92 Å². The van der Waals surface area contributed by atoms with Crippen LogP contribution in [0.15, 0.2) is 16.9 Å². The molecule has 1 amide bonds. The maximum Gasteiger partial charge on any atom is 0.259 e. The van der Waals surface area contributed by atoms with E-state index >= 15 is 0 Å². The number of hydrogen-bond donors (Lipinski definition) is 0. The highest BCUT2D eigenvalue weighted by molar-refractivity contribution is 5.96. The van der Waals surface area contributed by atoms with Crippen molar-refractivity contribution in [2.24, 2.45) is 0 Å². The largest absolute Gasteiger partial charge is 0.368 e. The molecular weight excluding hydrogens is 322 g/mol. The SMILES string of the molecule is CCc1noc(C)c1C(=O)N1CCO[C@@H](c2nccnc2N(C)C)C1. The molecule has 134 valence electrons. The summed E-state index contributed by atoms with van der Waals surface area (Å²) < 4.78 is 11.1. The number of aromatic nitrogens is 3. The minimum atomic E-state index is -0.311. The van der Waals surface area contributed by atoms with Gasteiger partial charge in [0.25, 0.3) is 5.91 Å². The van der Waals surface area contributed by atoms with Crippen molar-refractivity contribution in [3.05, 3.63) is 35.1 Å². The third kappa shape index (κ3) is 3.34. The van der Waals surface area contributed by atoms with Crippen LogP contribution in [-0.2, 0) is 11.2 Å². The van der Waals surface area contributed by atoms with Crippen LogP contribution in [0.2, 0.25) is 0 Å². The Morgan fingerprint density at radius 1 is 1.36 bits per heavy atom. The smallest absolute Gasteiger partial charge is 0.259 e. The van der Waals surface area contributed by atoms with E-state index in [1.165, 1.54) is 0 Å². The maximum atomic E-state index is 13.0. The number of hydrogen-bond acceptors (Lipinski definition) is 7. The van der Waals surface area contributed by atoms with Gasteiger partial charge in [0.2, 0.25) is 0 Å². The average Bonchev–Trinajstić information content (AvgIpc) is 3.01. The third-order valence-electron chi connectivity index (χ3n) is 4.27. The van der Waals surface area contributed by atoms with Gasteiger partial charge in [-0.2, -0.15) is 0 Å². The summed E-state index contributed by atoms with van der Waals surface area (Å²) in [7, 11) is 3.82. The molecule has 2 aromatic rings. The van der Waals surface area contributed by atoms with Crippen molar-refractivity contribution in [1.82, 2.24) is 20.0 Å². The maximum absolute atomic E-state index is 13.0. The zero-order valence-electron chi connectivity index (χ0n) is 15.0. The standard InChI is InChI=1S/C17H23N5O3/c1-5-12-14(11(2)25-20-12)17(23)22-8-9-24-13(10-22)15-16(21(3)4)19-7-6-18-15/h6-7,13H,5,8-10H2,1-4H3/t13-/m1/s1. The van der Waals surface area contributed by atoms with Crippen molar-refractivity contribution < 1.29 is 14.1 Å². The van der Waals surface area contributed by atoms with E-state index in [1.54, 1.807) is 24.2 Å². The second-order valence-electron chi connectivity index (χ2n) is 6.18. The number of carbonyl (C=O) groups is 1. The molecule has 3 rings (SSSR count). The summed E-state index contributed by atoms with van der Waals surface area (Å²) in [6.07, 6.45) is 3.64. The van der Waals surface area contributed by atoms with Crippen molar-refractivity contribution >= 4 is 11.7 Å². The van der Waals surface area contributed by atoms with E-state index in [1.807, 2.05) is 25.9 Å². The Morgan fingerprint density at radius 2 is 2.12 bits per heavy atom. The van der Waals surface area contributed by atoms with Gasteiger partial charge in [-0.25, -0.2) is 4.98 Å². The Bertz CT molecular complexity index is 758. The van der Waals surface area contributed by atoms with Crippen molar-refractivity contribution in [2.45, 2.75) is 26.4 Å². The number of aryl methyl sites for hydroxylation is 2. The monoisotopic (exact) mass is 345 g/mol. The Labute approximate surface area is 146 Å². The number of nitrogens with zero attached hydrogens (tertiary/aromatic N) is 5. The molecule has 0 N–H and O–H groups in total. The van der Waals surface area contributed by atoms with Crippen LogP contribution in [0.25, 0.3) is 0 Å². The molecule has 8 nitrogen and oxygen atoms in total. The molecule has 1 saturated heterocycles. The average molecular weight is 345 g/mol. The molecule has 0 spiro atoms. The Morgan fingerprint density at radius 3 is 2.84 bits per heavy atom. The van der Waals surface area contributed by atoms with E-state index in [0.29, 0.717) is 43.1 Å². The lowest BCUT2D eigenvalue weighted by Gasteiger charge is -2.33. The topological polar surface area (TPSA) is 84.6 Å². The zero-order chi connectivity index (χ0) is 18.0. The van der Waals surface area contributed by atoms with E-state index in [4.69, 9.17) is 9.26 Å². The number of ether oxygens (including phenoxy) is 1. The van der Waals surface area contributed by atoms with Crippen molar-refractivity contribution in [2.75, 3.05) is 38.7 Å². The van der Waals surface area contributed by atoms with Gasteiger partial charge in [-0.3, -0.25) is 9.78 Å². The summed E-state index contributed by atoms with van der Waals surface area (Å²) in [5.41, 5.74) is 2.00. The molecule has 0 bridgehead atoms. The second kappa shape index (κ2) is 7.18. The molecule has 0 aliphatic carbocycles. The lowest BCUT2D eigenvalue weighted by molar-refractivity contribution is -0.0247. The van der Waals surface area contributed by atoms with Gasteiger partial charge < -0.3 is 19.1 Å². The molecule has 1 atom stereocenters. The zero-order valence-corrected chi connectivity index (χ0v) is 15.0. The fourth-order valence-corrected chi connectivity index (χ4v) is 3.00. The Hall–Kier alpha value is -2.48. The lowest BCUT2D eigenvalue weighted by atomic mass is 10.1. The van der Waals surface area contributed by atoms with Gasteiger partial charge in [-0.15, -0.1) is 0 Å². The minimum Gasteiger partial charge on any atom is -0.368 e. The summed E-state index contributed by atoms with van der Waals surface area (Å²) in [6, 6.07) is 0. The first-order valence-corrected chi connectivity index (χ1v) is 8.37. The first-order chi connectivity index (χ1) is 12.0. The van der Waals surface area contributed by atoms with Crippen LogP contribution in [-0.4, -0.2) is 59.7 Å². The molecule has 3 heterocycles. The van der Waals surface area contributed by atoms with Crippen LogP contribution >= 0.6 is 0 Å². The van der Waals surface area contributed by atoms with Crippen LogP contribution in [0.4, 0.5) is 5.82 Å². The van der Waals surface area contributed by atoms with Gasteiger partial charge in [-0.1, -0.05) is 12.1 Å². The van der Waals surface area contributed by atoms with E-state index < -0.39 is 0 Å². The van der Waals surface area contributed by atoms with E-state index in [2.05, 4.69) is 15.1 Å². The molecule has 1 aliphatic rings. The molecule has 1 fully saturated rings. The summed E-state index contributed by atoms with van der Waals surface area (Å²) in [5, 5.41) is 3.98. The highest BCUT2D eigenvalue weighted by Gasteiger charge is 2.32. The van der Waals surface area contributed by atoms with Gasteiger partial charge in [0.15, 0.2) is 5.82 Å².